The van der Waals surface area contributed by atoms with Gasteiger partial charge >= 0.3 is 5.97 Å². The first-order valence-electron chi connectivity index (χ1n) is 11.3. The maximum atomic E-state index is 13.0. The van der Waals surface area contributed by atoms with Crippen LogP contribution in [0.25, 0.3) is 6.08 Å². The van der Waals surface area contributed by atoms with Gasteiger partial charge in [0.05, 0.1) is 33.5 Å². The predicted molar refractivity (Wildman–Crippen MR) is 132 cm³/mol. The van der Waals surface area contributed by atoms with Crippen LogP contribution in [0.4, 0.5) is 0 Å². The number of ether oxygens (including phenoxy) is 6. The number of carbonyl (C=O) groups is 2. The highest BCUT2D eigenvalue weighted by atomic mass is 16.6. The average Bonchev–Trinajstić information content (AvgIpc) is 3.21. The predicted octanol–water partition coefficient (Wildman–Crippen LogP) is 5.01. The van der Waals surface area contributed by atoms with Crippen LogP contribution >= 0.6 is 0 Å². The molecule has 1 atom stereocenters. The van der Waals surface area contributed by atoms with E-state index in [0.29, 0.717) is 45.4 Å². The normalized spacial score (nSPS) is 14.0. The van der Waals surface area contributed by atoms with Crippen molar-refractivity contribution < 1.29 is 38.0 Å². The van der Waals surface area contributed by atoms with Crippen molar-refractivity contribution in [2.24, 2.45) is 0 Å². The summed E-state index contributed by atoms with van der Waals surface area (Å²) in [6.07, 6.45) is 0.634. The smallest absolute Gasteiger partial charge is 0.352 e. The van der Waals surface area contributed by atoms with E-state index in [9.17, 15) is 9.59 Å². The molecule has 0 saturated carbocycles. The maximum absolute atomic E-state index is 13.0. The van der Waals surface area contributed by atoms with Gasteiger partial charge in [-0.2, -0.15) is 0 Å². The summed E-state index contributed by atoms with van der Waals surface area (Å²) in [5.41, 5.74) is 1.66. The number of hydrogen-bond donors (Lipinski definition) is 0. The lowest BCUT2D eigenvalue weighted by atomic mass is 10.1. The standard InChI is InChI=1S/C28H26O8/c1-5-34-28(30)26(18-9-7-6-8-10-18)35-19-11-12-20-21(16-19)36-22(25(20)29)13-17-14-23(31-2)27(33-4)24(15-17)32-3/h6-16,26H,5H2,1-4H3/b22-13-/t26-/m1/s1. The van der Waals surface area contributed by atoms with Gasteiger partial charge in [0.1, 0.15) is 11.5 Å². The Labute approximate surface area is 209 Å². The number of hydrogen-bond acceptors (Lipinski definition) is 8. The highest BCUT2D eigenvalue weighted by molar-refractivity contribution is 6.14. The molecule has 3 aromatic carbocycles. The van der Waals surface area contributed by atoms with E-state index in [4.69, 9.17) is 28.4 Å². The fourth-order valence-corrected chi connectivity index (χ4v) is 3.81. The molecule has 0 bridgehead atoms. The molecule has 0 aromatic heterocycles. The van der Waals surface area contributed by atoms with E-state index in [1.165, 1.54) is 21.3 Å². The zero-order valence-electron chi connectivity index (χ0n) is 20.4. The van der Waals surface area contributed by atoms with Gasteiger partial charge in [0.25, 0.3) is 0 Å². The Bertz CT molecular complexity index is 1270. The summed E-state index contributed by atoms with van der Waals surface area (Å²) >= 11 is 0. The van der Waals surface area contributed by atoms with E-state index in [1.807, 2.05) is 18.2 Å². The van der Waals surface area contributed by atoms with Gasteiger partial charge in [-0.3, -0.25) is 4.79 Å². The molecule has 3 aromatic rings. The van der Waals surface area contributed by atoms with Gasteiger partial charge in [-0.05, 0) is 42.8 Å². The van der Waals surface area contributed by atoms with Gasteiger partial charge in [-0.25, -0.2) is 4.79 Å². The number of ketones is 1. The van der Waals surface area contributed by atoms with Crippen molar-refractivity contribution in [3.05, 3.63) is 83.1 Å². The first-order chi connectivity index (χ1) is 17.5. The van der Waals surface area contributed by atoms with Crippen LogP contribution in [0.3, 0.4) is 0 Å². The lowest BCUT2D eigenvalue weighted by molar-refractivity contribution is -0.151. The number of carbonyl (C=O) groups excluding carboxylic acids is 2. The molecular formula is C28H26O8. The Morgan fingerprint density at radius 3 is 2.25 bits per heavy atom. The molecule has 1 aliphatic heterocycles. The van der Waals surface area contributed by atoms with Crippen molar-refractivity contribution in [1.82, 2.24) is 0 Å². The number of rotatable bonds is 9. The number of Topliss-reactive ketones (excluding diaryl/α,β-unsaturated/α-hetero) is 1. The highest BCUT2D eigenvalue weighted by Crippen LogP contribution is 2.40. The average molecular weight is 491 g/mol. The maximum Gasteiger partial charge on any atom is 0.352 e. The Morgan fingerprint density at radius 2 is 1.64 bits per heavy atom. The molecule has 1 heterocycles. The minimum Gasteiger partial charge on any atom is -0.493 e. The molecule has 0 N–H and O–H groups in total. The van der Waals surface area contributed by atoms with Gasteiger partial charge in [0, 0.05) is 11.6 Å². The first kappa shape index (κ1) is 24.7. The van der Waals surface area contributed by atoms with Crippen LogP contribution in [0.15, 0.2) is 66.4 Å². The van der Waals surface area contributed by atoms with E-state index < -0.39 is 12.1 Å². The van der Waals surface area contributed by atoms with Gasteiger partial charge in [-0.15, -0.1) is 0 Å². The number of esters is 1. The molecule has 0 radical (unpaired) electrons. The summed E-state index contributed by atoms with van der Waals surface area (Å²) in [4.78, 5) is 25.6. The van der Waals surface area contributed by atoms with Gasteiger partial charge in [-0.1, -0.05) is 30.3 Å². The third-order valence-electron chi connectivity index (χ3n) is 5.48. The van der Waals surface area contributed by atoms with Crippen LogP contribution < -0.4 is 23.7 Å². The summed E-state index contributed by atoms with van der Waals surface area (Å²) in [7, 11) is 4.55. The van der Waals surface area contributed by atoms with E-state index in [-0.39, 0.29) is 18.1 Å². The number of benzene rings is 3. The molecule has 0 saturated heterocycles. The zero-order valence-corrected chi connectivity index (χ0v) is 20.4. The number of fused-ring (bicyclic) bond motifs is 1. The zero-order chi connectivity index (χ0) is 25.7. The van der Waals surface area contributed by atoms with Crippen LogP contribution in [0.2, 0.25) is 0 Å². The van der Waals surface area contributed by atoms with E-state index in [1.54, 1.807) is 55.5 Å². The summed E-state index contributed by atoms with van der Waals surface area (Å²) in [6.45, 7) is 1.96. The van der Waals surface area contributed by atoms with Crippen LogP contribution in [-0.4, -0.2) is 39.7 Å². The molecular weight excluding hydrogens is 464 g/mol. The molecule has 8 nitrogen and oxygen atoms in total. The third-order valence-corrected chi connectivity index (χ3v) is 5.48. The highest BCUT2D eigenvalue weighted by Gasteiger charge is 2.30. The Balaban J connectivity index is 1.61. The molecule has 1 aliphatic rings. The molecule has 0 spiro atoms. The van der Waals surface area contributed by atoms with Gasteiger partial charge < -0.3 is 28.4 Å². The van der Waals surface area contributed by atoms with E-state index >= 15 is 0 Å². The molecule has 0 unspecified atom stereocenters. The van der Waals surface area contributed by atoms with Crippen LogP contribution in [0.5, 0.6) is 28.7 Å². The lowest BCUT2D eigenvalue weighted by Gasteiger charge is -2.18. The molecule has 0 amide bonds. The SMILES string of the molecule is CCOC(=O)[C@H](Oc1ccc2c(c1)O/C(=C\c1cc(OC)c(OC)c(OC)c1)C2=O)c1ccccc1. The second kappa shape index (κ2) is 10.9. The fraction of sp³-hybridized carbons (Fsp3) is 0.214. The molecule has 186 valence electrons. The minimum atomic E-state index is -0.962. The van der Waals surface area contributed by atoms with Gasteiger partial charge in [0.15, 0.2) is 17.3 Å². The molecule has 36 heavy (non-hydrogen) atoms. The summed E-state index contributed by atoms with van der Waals surface area (Å²) < 4.78 is 33.2. The summed E-state index contributed by atoms with van der Waals surface area (Å²) in [5.74, 6) is 1.37. The number of allylic oxidation sites excluding steroid dienone is 1. The quantitative estimate of drug-likeness (QED) is 0.305. The van der Waals surface area contributed by atoms with Crippen molar-refractivity contribution in [2.45, 2.75) is 13.0 Å². The van der Waals surface area contributed by atoms with Crippen molar-refractivity contribution in [2.75, 3.05) is 27.9 Å². The molecule has 8 heteroatoms. The fourth-order valence-electron chi connectivity index (χ4n) is 3.81. The first-order valence-corrected chi connectivity index (χ1v) is 11.3. The Morgan fingerprint density at radius 1 is 0.944 bits per heavy atom. The monoisotopic (exact) mass is 490 g/mol. The third kappa shape index (κ3) is 4.98. The second-order valence-electron chi connectivity index (χ2n) is 7.72. The van der Waals surface area contributed by atoms with Crippen LogP contribution in [-0.2, 0) is 9.53 Å². The van der Waals surface area contributed by atoms with Crippen molar-refractivity contribution >= 4 is 17.8 Å². The van der Waals surface area contributed by atoms with Crippen LogP contribution in [0.1, 0.15) is 34.5 Å². The lowest BCUT2D eigenvalue weighted by Crippen LogP contribution is -2.21. The van der Waals surface area contributed by atoms with E-state index in [2.05, 4.69) is 0 Å². The molecule has 0 fully saturated rings. The van der Waals surface area contributed by atoms with E-state index in [0.717, 1.165) is 0 Å². The Hall–Kier alpha value is -4.46. The van der Waals surface area contributed by atoms with Crippen molar-refractivity contribution in [3.8, 4) is 28.7 Å². The summed E-state index contributed by atoms with van der Waals surface area (Å²) in [5, 5.41) is 0. The van der Waals surface area contributed by atoms with Crippen LogP contribution in [0, 0.1) is 0 Å². The number of methoxy groups -OCH3 is 3. The molecule has 0 aliphatic carbocycles. The Kier molecular flexibility index (Phi) is 7.44. The van der Waals surface area contributed by atoms with Crippen molar-refractivity contribution in [1.29, 1.82) is 0 Å². The topological polar surface area (TPSA) is 89.5 Å². The van der Waals surface area contributed by atoms with Gasteiger partial charge in [0.2, 0.25) is 17.6 Å². The molecule has 4 rings (SSSR count). The second-order valence-corrected chi connectivity index (χ2v) is 7.72. The minimum absolute atomic E-state index is 0.126. The van der Waals surface area contributed by atoms with Crippen molar-refractivity contribution in [3.63, 3.8) is 0 Å². The largest absolute Gasteiger partial charge is 0.493 e. The summed E-state index contributed by atoms with van der Waals surface area (Å²) in [6, 6.07) is 17.3.